The summed E-state index contributed by atoms with van der Waals surface area (Å²) in [6.07, 6.45) is 4.05. The second-order valence-electron chi connectivity index (χ2n) is 7.96. The highest BCUT2D eigenvalue weighted by Crippen LogP contribution is 2.25. The first-order valence-corrected chi connectivity index (χ1v) is 10.9. The normalized spacial score (nSPS) is 11.3. The van der Waals surface area contributed by atoms with Crippen LogP contribution in [0.1, 0.15) is 5.56 Å². The van der Waals surface area contributed by atoms with E-state index in [1.807, 2.05) is 0 Å². The molecule has 3 heterocycles. The highest BCUT2D eigenvalue weighted by molar-refractivity contribution is 6.30. The van der Waals surface area contributed by atoms with Crippen LogP contribution in [0.5, 0.6) is 0 Å². The largest absolute Gasteiger partial charge is 0.359 e. The molecule has 0 atom stereocenters. The zero-order chi connectivity index (χ0) is 26.4. The number of halogens is 5. The van der Waals surface area contributed by atoms with E-state index in [1.165, 1.54) is 29.2 Å². The summed E-state index contributed by atoms with van der Waals surface area (Å²) >= 11 is 5.93. The maximum Gasteiger partial charge on any atom is 0.359 e. The fourth-order valence-electron chi connectivity index (χ4n) is 3.72. The highest BCUT2D eigenvalue weighted by Gasteiger charge is 2.20. The predicted molar refractivity (Wildman–Crippen MR) is 126 cm³/mol. The summed E-state index contributed by atoms with van der Waals surface area (Å²) in [6.45, 7) is -0.692. The number of nitrogens with one attached hydrogen (secondary N) is 1. The van der Waals surface area contributed by atoms with Crippen LogP contribution in [-0.2, 0) is 13.6 Å². The Labute approximate surface area is 209 Å². The Morgan fingerprint density at radius 2 is 1.70 bits per heavy atom. The average molecular weight is 532 g/mol. The molecule has 9 nitrogen and oxygen atoms in total. The quantitative estimate of drug-likeness (QED) is 0.274. The first-order valence-electron chi connectivity index (χ1n) is 10.5. The molecule has 0 fully saturated rings. The first kappa shape index (κ1) is 24.2. The smallest absolute Gasteiger partial charge is 0.323 e. The Morgan fingerprint density at radius 1 is 0.946 bits per heavy atom. The standard InChI is InChI=1S/C23H14ClF4N7O2/c1-33-9-12-3-20(18(28)6-19(12)32-33)30-21-31-22(36)35(14-4-13(24)7-29-8-14)23(37)34(21)10-11-2-16(26)17(27)5-15(11)25/h2-9H,10H2,1H3,(H,30,31,36). The number of benzene rings is 2. The lowest BCUT2D eigenvalue weighted by Crippen LogP contribution is -2.42. The lowest BCUT2D eigenvalue weighted by atomic mass is 10.2. The molecule has 1 N–H and O–H groups in total. The van der Waals surface area contributed by atoms with E-state index in [4.69, 9.17) is 11.6 Å². The van der Waals surface area contributed by atoms with Crippen LogP contribution in [0, 0.1) is 23.3 Å². The van der Waals surface area contributed by atoms with Gasteiger partial charge in [-0.25, -0.2) is 31.7 Å². The van der Waals surface area contributed by atoms with Gasteiger partial charge in [0.05, 0.1) is 34.7 Å². The molecule has 0 saturated carbocycles. The fraction of sp³-hybridized carbons (Fsp3) is 0.0870. The van der Waals surface area contributed by atoms with Crippen LogP contribution in [0.3, 0.4) is 0 Å². The molecule has 0 unspecified atom stereocenters. The molecule has 188 valence electrons. The number of nitrogens with zero attached hydrogens (tertiary/aromatic N) is 6. The van der Waals surface area contributed by atoms with Gasteiger partial charge in [0, 0.05) is 42.5 Å². The van der Waals surface area contributed by atoms with Crippen LogP contribution in [-0.4, -0.2) is 28.9 Å². The van der Waals surface area contributed by atoms with Crippen molar-refractivity contribution in [2.75, 3.05) is 5.32 Å². The van der Waals surface area contributed by atoms with Crippen molar-refractivity contribution in [2.45, 2.75) is 6.54 Å². The predicted octanol–water partition coefficient (Wildman–Crippen LogP) is 3.68. The van der Waals surface area contributed by atoms with Gasteiger partial charge in [0.25, 0.3) is 0 Å². The van der Waals surface area contributed by atoms with Crippen molar-refractivity contribution in [3.8, 4) is 5.69 Å². The number of aromatic nitrogens is 6. The van der Waals surface area contributed by atoms with E-state index in [2.05, 4.69) is 20.4 Å². The van der Waals surface area contributed by atoms with Crippen LogP contribution < -0.4 is 16.7 Å². The second-order valence-corrected chi connectivity index (χ2v) is 8.40. The zero-order valence-corrected chi connectivity index (χ0v) is 19.5. The van der Waals surface area contributed by atoms with Crippen LogP contribution in [0.15, 0.2) is 58.5 Å². The topological polar surface area (TPSA) is 99.6 Å². The van der Waals surface area contributed by atoms with E-state index in [-0.39, 0.29) is 16.4 Å². The summed E-state index contributed by atoms with van der Waals surface area (Å²) in [4.78, 5) is 34.0. The lowest BCUT2D eigenvalue weighted by molar-refractivity contribution is 0.487. The number of aryl methyl sites for hydroxylation is 1. The summed E-state index contributed by atoms with van der Waals surface area (Å²) in [5.74, 6) is -5.19. The monoisotopic (exact) mass is 531 g/mol. The fourth-order valence-corrected chi connectivity index (χ4v) is 3.89. The molecule has 3 aromatic heterocycles. The number of hydrogen-bond donors (Lipinski definition) is 1. The molecule has 0 bridgehead atoms. The van der Waals surface area contributed by atoms with E-state index < -0.39 is 52.7 Å². The molecule has 0 aliphatic heterocycles. The molecule has 14 heteroatoms. The van der Waals surface area contributed by atoms with Gasteiger partial charge in [0.1, 0.15) is 11.6 Å². The molecule has 0 spiro atoms. The lowest BCUT2D eigenvalue weighted by Gasteiger charge is -2.16. The Bertz CT molecular complexity index is 1820. The van der Waals surface area contributed by atoms with Crippen LogP contribution in [0.4, 0.5) is 29.2 Å². The highest BCUT2D eigenvalue weighted by atomic mass is 35.5. The van der Waals surface area contributed by atoms with E-state index in [1.54, 1.807) is 13.2 Å². The van der Waals surface area contributed by atoms with Crippen molar-refractivity contribution in [3.63, 3.8) is 0 Å². The van der Waals surface area contributed by atoms with Crippen LogP contribution in [0.25, 0.3) is 16.6 Å². The average Bonchev–Trinajstić information content (AvgIpc) is 3.18. The third kappa shape index (κ3) is 4.56. The minimum absolute atomic E-state index is 0.0518. The number of pyridine rings is 1. The first-order chi connectivity index (χ1) is 17.6. The number of hydrogen-bond acceptors (Lipinski definition) is 6. The second kappa shape index (κ2) is 9.17. The summed E-state index contributed by atoms with van der Waals surface area (Å²) in [6, 6.07) is 4.67. The van der Waals surface area contributed by atoms with Crippen molar-refractivity contribution in [2.24, 2.45) is 7.05 Å². The van der Waals surface area contributed by atoms with Gasteiger partial charge < -0.3 is 5.32 Å². The van der Waals surface area contributed by atoms with Crippen molar-refractivity contribution < 1.29 is 17.6 Å². The Balaban J connectivity index is 1.70. The molecule has 2 aromatic carbocycles. The summed E-state index contributed by atoms with van der Waals surface area (Å²) < 4.78 is 59.5. The van der Waals surface area contributed by atoms with E-state index in [9.17, 15) is 27.2 Å². The van der Waals surface area contributed by atoms with Crippen molar-refractivity contribution >= 4 is 34.1 Å². The molecule has 0 aliphatic carbocycles. The van der Waals surface area contributed by atoms with Gasteiger partial charge in [-0.3, -0.25) is 14.2 Å². The van der Waals surface area contributed by atoms with Gasteiger partial charge in [-0.15, -0.1) is 0 Å². The third-order valence-corrected chi connectivity index (χ3v) is 5.60. The molecular weight excluding hydrogens is 518 g/mol. The Hall–Kier alpha value is -4.52. The number of rotatable bonds is 5. The maximum absolute atomic E-state index is 14.8. The minimum atomic E-state index is -1.42. The minimum Gasteiger partial charge on any atom is -0.323 e. The molecule has 0 amide bonds. The van der Waals surface area contributed by atoms with E-state index in [0.29, 0.717) is 27.6 Å². The number of fused-ring (bicyclic) bond motifs is 1. The zero-order valence-electron chi connectivity index (χ0n) is 18.7. The molecule has 0 aliphatic rings. The Morgan fingerprint density at radius 3 is 2.46 bits per heavy atom. The van der Waals surface area contributed by atoms with E-state index >= 15 is 0 Å². The number of anilines is 2. The maximum atomic E-state index is 14.8. The third-order valence-electron chi connectivity index (χ3n) is 5.39. The SMILES string of the molecule is Cn1cc2cc(Nc3nc(=O)n(-c4cncc(Cl)c4)c(=O)n3Cc3cc(F)c(F)cc3F)c(F)cc2n1. The molecule has 37 heavy (non-hydrogen) atoms. The van der Waals surface area contributed by atoms with Crippen molar-refractivity contribution in [1.29, 1.82) is 0 Å². The molecule has 0 saturated heterocycles. The molecule has 5 aromatic rings. The summed E-state index contributed by atoms with van der Waals surface area (Å²) in [5.41, 5.74) is -2.44. The van der Waals surface area contributed by atoms with E-state index in [0.717, 1.165) is 10.6 Å². The Kier molecular flexibility index (Phi) is 5.99. The van der Waals surface area contributed by atoms with Gasteiger partial charge >= 0.3 is 11.4 Å². The van der Waals surface area contributed by atoms with Crippen molar-refractivity contribution in [1.82, 2.24) is 28.9 Å². The van der Waals surface area contributed by atoms with Gasteiger partial charge in [-0.1, -0.05) is 11.6 Å². The molecule has 0 radical (unpaired) electrons. The van der Waals surface area contributed by atoms with Gasteiger partial charge in [-0.2, -0.15) is 10.1 Å². The molecular formula is C23H14ClF4N7O2. The van der Waals surface area contributed by atoms with Crippen LogP contribution in [0.2, 0.25) is 5.02 Å². The summed E-state index contributed by atoms with van der Waals surface area (Å²) in [7, 11) is 1.64. The van der Waals surface area contributed by atoms with Crippen molar-refractivity contribution in [3.05, 3.63) is 104 Å². The van der Waals surface area contributed by atoms with Gasteiger partial charge in [0.2, 0.25) is 5.95 Å². The molecule has 5 rings (SSSR count). The van der Waals surface area contributed by atoms with Crippen LogP contribution >= 0.6 is 11.6 Å². The van der Waals surface area contributed by atoms with Gasteiger partial charge in [-0.05, 0) is 18.2 Å². The summed E-state index contributed by atoms with van der Waals surface area (Å²) in [5, 5.41) is 7.32. The van der Waals surface area contributed by atoms with Gasteiger partial charge in [0.15, 0.2) is 11.6 Å².